The highest BCUT2D eigenvalue weighted by atomic mass is 35.5. The van der Waals surface area contributed by atoms with Crippen molar-refractivity contribution in [1.29, 1.82) is 0 Å². The van der Waals surface area contributed by atoms with Crippen LogP contribution in [0.3, 0.4) is 0 Å². The van der Waals surface area contributed by atoms with Gasteiger partial charge in [-0.2, -0.15) is 0 Å². The quantitative estimate of drug-likeness (QED) is 0.616. The molecular weight excluding hydrogens is 265 g/mol. The second kappa shape index (κ2) is 5.17. The molecule has 0 fully saturated rings. The Morgan fingerprint density at radius 1 is 1.26 bits per heavy atom. The van der Waals surface area contributed by atoms with Gasteiger partial charge in [-0.15, -0.1) is 11.6 Å². The van der Waals surface area contributed by atoms with Crippen LogP contribution in [0.25, 0.3) is 5.69 Å². The normalized spacial score (nSPS) is 10.8. The summed E-state index contributed by atoms with van der Waals surface area (Å²) < 4.78 is 15.1. The SMILES string of the molecule is Cc1cc(F)ccc1-n1c(C)cc(C(=O)CCl)c1C. The molecule has 0 spiro atoms. The van der Waals surface area contributed by atoms with Crippen molar-refractivity contribution < 1.29 is 9.18 Å². The predicted octanol–water partition coefficient (Wildman–Crippen LogP) is 3.96. The fourth-order valence-electron chi connectivity index (χ4n) is 2.36. The molecule has 0 aliphatic heterocycles. The maximum atomic E-state index is 13.2. The first kappa shape index (κ1) is 13.8. The number of nitrogens with zero attached hydrogens (tertiary/aromatic N) is 1. The van der Waals surface area contributed by atoms with Crippen LogP contribution >= 0.6 is 11.6 Å². The van der Waals surface area contributed by atoms with Crippen molar-refractivity contribution in [3.63, 3.8) is 0 Å². The average Bonchev–Trinajstić information content (AvgIpc) is 2.65. The van der Waals surface area contributed by atoms with E-state index in [2.05, 4.69) is 0 Å². The number of rotatable bonds is 3. The molecule has 2 rings (SSSR count). The fourth-order valence-corrected chi connectivity index (χ4v) is 2.50. The highest BCUT2D eigenvalue weighted by Crippen LogP contribution is 2.24. The Morgan fingerprint density at radius 2 is 1.95 bits per heavy atom. The van der Waals surface area contributed by atoms with E-state index in [4.69, 9.17) is 11.6 Å². The average molecular weight is 280 g/mol. The van der Waals surface area contributed by atoms with Crippen molar-refractivity contribution in [2.75, 3.05) is 5.88 Å². The van der Waals surface area contributed by atoms with E-state index in [9.17, 15) is 9.18 Å². The first-order valence-corrected chi connectivity index (χ1v) is 6.53. The minimum Gasteiger partial charge on any atom is -0.317 e. The first-order chi connectivity index (χ1) is 8.95. The molecule has 0 aliphatic rings. The molecule has 0 atom stereocenters. The van der Waals surface area contributed by atoms with E-state index in [1.54, 1.807) is 6.07 Å². The van der Waals surface area contributed by atoms with Crippen molar-refractivity contribution in [2.45, 2.75) is 20.8 Å². The standard InChI is InChI=1S/C15H15ClFNO/c1-9-6-12(17)4-5-14(9)18-10(2)7-13(11(18)3)15(19)8-16/h4-7H,8H2,1-3H3. The number of ketones is 1. The lowest BCUT2D eigenvalue weighted by atomic mass is 10.1. The lowest BCUT2D eigenvalue weighted by molar-refractivity contribution is 0.102. The number of alkyl halides is 1. The molecule has 0 amide bonds. The number of halogens is 2. The van der Waals surface area contributed by atoms with Gasteiger partial charge in [0.05, 0.1) is 5.88 Å². The van der Waals surface area contributed by atoms with Crippen LogP contribution in [0.1, 0.15) is 27.3 Å². The Labute approximate surface area is 116 Å². The van der Waals surface area contributed by atoms with E-state index >= 15 is 0 Å². The predicted molar refractivity (Wildman–Crippen MR) is 75.0 cm³/mol. The maximum absolute atomic E-state index is 13.2. The molecule has 1 heterocycles. The summed E-state index contributed by atoms with van der Waals surface area (Å²) in [5.74, 6) is -0.395. The van der Waals surface area contributed by atoms with Gasteiger partial charge in [0.2, 0.25) is 0 Å². The monoisotopic (exact) mass is 279 g/mol. The Bertz CT molecular complexity index is 646. The topological polar surface area (TPSA) is 22.0 Å². The number of carbonyl (C=O) groups excluding carboxylic acids is 1. The molecule has 2 nitrogen and oxygen atoms in total. The Balaban J connectivity index is 2.63. The van der Waals surface area contributed by atoms with E-state index < -0.39 is 0 Å². The number of aromatic nitrogens is 1. The van der Waals surface area contributed by atoms with E-state index in [1.165, 1.54) is 12.1 Å². The van der Waals surface area contributed by atoms with Crippen molar-refractivity contribution >= 4 is 17.4 Å². The molecule has 2 aromatic rings. The van der Waals surface area contributed by atoms with Crippen molar-refractivity contribution in [1.82, 2.24) is 4.57 Å². The van der Waals surface area contributed by atoms with Crippen LogP contribution in [0.15, 0.2) is 24.3 Å². The van der Waals surface area contributed by atoms with Crippen LogP contribution in [0.4, 0.5) is 4.39 Å². The molecule has 4 heteroatoms. The Kier molecular flexibility index (Phi) is 3.76. The molecule has 100 valence electrons. The second-order valence-electron chi connectivity index (χ2n) is 4.61. The largest absolute Gasteiger partial charge is 0.317 e. The molecule has 1 aromatic carbocycles. The molecule has 0 unspecified atom stereocenters. The number of hydrogen-bond acceptors (Lipinski definition) is 1. The third kappa shape index (κ3) is 2.43. The molecule has 1 aromatic heterocycles. The molecule has 0 bridgehead atoms. The number of aryl methyl sites for hydroxylation is 2. The third-order valence-corrected chi connectivity index (χ3v) is 3.50. The van der Waals surface area contributed by atoms with Gasteiger partial charge in [0.15, 0.2) is 5.78 Å². The van der Waals surface area contributed by atoms with Gasteiger partial charge >= 0.3 is 0 Å². The lowest BCUT2D eigenvalue weighted by Gasteiger charge is -2.12. The summed E-state index contributed by atoms with van der Waals surface area (Å²) >= 11 is 5.61. The van der Waals surface area contributed by atoms with Gasteiger partial charge in [-0.1, -0.05) is 0 Å². The van der Waals surface area contributed by atoms with Gasteiger partial charge in [0.1, 0.15) is 5.82 Å². The van der Waals surface area contributed by atoms with Crippen LogP contribution in [0, 0.1) is 26.6 Å². The summed E-state index contributed by atoms with van der Waals surface area (Å²) in [5, 5.41) is 0. The van der Waals surface area contributed by atoms with E-state index in [-0.39, 0.29) is 17.5 Å². The third-order valence-electron chi connectivity index (χ3n) is 3.25. The van der Waals surface area contributed by atoms with Gasteiger partial charge in [-0.05, 0) is 50.6 Å². The first-order valence-electron chi connectivity index (χ1n) is 6.00. The van der Waals surface area contributed by atoms with Crippen LogP contribution in [0.2, 0.25) is 0 Å². The minimum atomic E-state index is -0.263. The zero-order chi connectivity index (χ0) is 14.2. The second-order valence-corrected chi connectivity index (χ2v) is 4.88. The maximum Gasteiger partial charge on any atom is 0.179 e. The summed E-state index contributed by atoms with van der Waals surface area (Å²) in [5.41, 5.74) is 4.09. The number of hydrogen-bond donors (Lipinski definition) is 0. The molecule has 0 N–H and O–H groups in total. The van der Waals surface area contributed by atoms with E-state index in [0.717, 1.165) is 22.6 Å². The van der Waals surface area contributed by atoms with Crippen molar-refractivity contribution in [2.24, 2.45) is 0 Å². The number of benzene rings is 1. The smallest absolute Gasteiger partial charge is 0.179 e. The summed E-state index contributed by atoms with van der Waals surface area (Å²) in [7, 11) is 0. The highest BCUT2D eigenvalue weighted by molar-refractivity contribution is 6.30. The molecule has 0 saturated carbocycles. The lowest BCUT2D eigenvalue weighted by Crippen LogP contribution is -2.05. The summed E-state index contributed by atoms with van der Waals surface area (Å²) in [6.07, 6.45) is 0. The zero-order valence-electron chi connectivity index (χ0n) is 11.1. The molecule has 0 radical (unpaired) electrons. The number of carbonyl (C=O) groups is 1. The summed E-state index contributed by atoms with van der Waals surface area (Å²) in [4.78, 5) is 11.8. The van der Waals surface area contributed by atoms with Gasteiger partial charge in [-0.25, -0.2) is 4.39 Å². The van der Waals surface area contributed by atoms with Crippen LogP contribution in [-0.4, -0.2) is 16.2 Å². The Morgan fingerprint density at radius 3 is 2.53 bits per heavy atom. The molecule has 0 aliphatic carbocycles. The van der Waals surface area contributed by atoms with Crippen LogP contribution in [-0.2, 0) is 0 Å². The van der Waals surface area contributed by atoms with Gasteiger partial charge in [0.25, 0.3) is 0 Å². The van der Waals surface area contributed by atoms with Crippen LogP contribution < -0.4 is 0 Å². The highest BCUT2D eigenvalue weighted by Gasteiger charge is 2.16. The molecular formula is C15H15ClFNO. The minimum absolute atomic E-state index is 0.0350. The molecule has 19 heavy (non-hydrogen) atoms. The van der Waals surface area contributed by atoms with Gasteiger partial charge < -0.3 is 4.57 Å². The number of Topliss-reactive ketones (excluding diaryl/α,β-unsaturated/α-hetero) is 1. The van der Waals surface area contributed by atoms with Crippen molar-refractivity contribution in [3.05, 3.63) is 52.6 Å². The van der Waals surface area contributed by atoms with Gasteiger partial charge in [-0.3, -0.25) is 4.79 Å². The van der Waals surface area contributed by atoms with E-state index in [1.807, 2.05) is 31.4 Å². The Hall–Kier alpha value is -1.61. The van der Waals surface area contributed by atoms with Crippen molar-refractivity contribution in [3.8, 4) is 5.69 Å². The van der Waals surface area contributed by atoms with Crippen LogP contribution in [0.5, 0.6) is 0 Å². The zero-order valence-corrected chi connectivity index (χ0v) is 11.9. The van der Waals surface area contributed by atoms with E-state index in [0.29, 0.717) is 5.56 Å². The van der Waals surface area contributed by atoms with Gasteiger partial charge in [0, 0.05) is 22.6 Å². The summed E-state index contributed by atoms with van der Waals surface area (Å²) in [6.45, 7) is 5.64. The fraction of sp³-hybridized carbons (Fsp3) is 0.267. The molecule has 0 saturated heterocycles. The summed E-state index contributed by atoms with van der Waals surface area (Å²) in [6, 6.07) is 6.45.